The molecule has 6 nitrogen and oxygen atoms in total. The van der Waals surface area contributed by atoms with Gasteiger partial charge in [0.05, 0.1) is 22.4 Å². The molecule has 1 aliphatic rings. The van der Waals surface area contributed by atoms with Gasteiger partial charge in [0.25, 0.3) is 0 Å². The van der Waals surface area contributed by atoms with E-state index in [1.54, 1.807) is 0 Å². The van der Waals surface area contributed by atoms with Gasteiger partial charge in [0.1, 0.15) is 18.0 Å². The Bertz CT molecular complexity index is 1460. The first-order valence-corrected chi connectivity index (χ1v) is 10.8. The number of amidine groups is 2. The fourth-order valence-electron chi connectivity index (χ4n) is 4.01. The molecule has 2 N–H and O–H groups in total. The van der Waals surface area contributed by atoms with E-state index in [9.17, 15) is 0 Å². The largest absolute Gasteiger partial charge is 0.361 e. The number of fused-ring (bicyclic) bond motifs is 2. The maximum atomic E-state index is 4.83. The molecule has 0 atom stereocenters. The second-order valence-electron chi connectivity index (χ2n) is 7.99. The van der Waals surface area contributed by atoms with Crippen LogP contribution in [0.25, 0.3) is 27.5 Å². The summed E-state index contributed by atoms with van der Waals surface area (Å²) in [6, 6.07) is 16.5. The predicted molar refractivity (Wildman–Crippen MR) is 140 cm³/mol. The van der Waals surface area contributed by atoms with Crippen molar-refractivity contribution in [1.29, 1.82) is 0 Å². The average molecular weight is 433 g/mol. The lowest BCUT2D eigenvalue weighted by molar-refractivity contribution is 1.40. The Morgan fingerprint density at radius 2 is 1.33 bits per heavy atom. The number of benzene rings is 2. The van der Waals surface area contributed by atoms with Crippen LogP contribution in [0.1, 0.15) is 31.9 Å². The van der Waals surface area contributed by atoms with Gasteiger partial charge in [-0.25, -0.2) is 20.0 Å². The van der Waals surface area contributed by atoms with Crippen molar-refractivity contribution in [3.8, 4) is 0 Å². The summed E-state index contributed by atoms with van der Waals surface area (Å²) in [5, 5.41) is 2.27. The van der Waals surface area contributed by atoms with Gasteiger partial charge in [-0.2, -0.15) is 0 Å². The zero-order valence-electron chi connectivity index (χ0n) is 18.8. The van der Waals surface area contributed by atoms with Crippen LogP contribution in [0, 0.1) is 0 Å². The highest BCUT2D eigenvalue weighted by Crippen LogP contribution is 2.27. The van der Waals surface area contributed by atoms with Gasteiger partial charge < -0.3 is 9.97 Å². The summed E-state index contributed by atoms with van der Waals surface area (Å²) in [5.74, 6) is 1.24. The first kappa shape index (κ1) is 20.6. The van der Waals surface area contributed by atoms with Crippen molar-refractivity contribution in [2.45, 2.75) is 20.8 Å². The van der Waals surface area contributed by atoms with Crippen molar-refractivity contribution >= 4 is 51.2 Å². The monoisotopic (exact) mass is 432 g/mol. The van der Waals surface area contributed by atoms with E-state index in [1.807, 2.05) is 38.4 Å². The Morgan fingerprint density at radius 1 is 0.667 bits per heavy atom. The number of rotatable bonds is 2. The molecule has 0 saturated heterocycles. The van der Waals surface area contributed by atoms with Crippen molar-refractivity contribution in [3.05, 3.63) is 89.8 Å². The van der Waals surface area contributed by atoms with Gasteiger partial charge in [-0.15, -0.1) is 0 Å². The Morgan fingerprint density at radius 3 is 2.06 bits per heavy atom. The minimum absolute atomic E-state index is 0.620. The molecule has 0 aliphatic carbocycles. The number of aliphatic imine (C=N–C) groups is 4. The number of para-hydroxylation sites is 2. The van der Waals surface area contributed by atoms with Crippen LogP contribution < -0.4 is 0 Å². The van der Waals surface area contributed by atoms with Crippen molar-refractivity contribution in [2.24, 2.45) is 20.0 Å². The molecule has 3 heterocycles. The molecular formula is C27H24N6. The van der Waals surface area contributed by atoms with E-state index < -0.39 is 0 Å². The van der Waals surface area contributed by atoms with E-state index >= 15 is 0 Å². The third-order valence-electron chi connectivity index (χ3n) is 5.51. The average Bonchev–Trinajstić information content (AvgIpc) is 3.46. The van der Waals surface area contributed by atoms with E-state index in [0.717, 1.165) is 49.9 Å². The molecule has 0 radical (unpaired) electrons. The van der Waals surface area contributed by atoms with Crippen LogP contribution in [0.3, 0.4) is 0 Å². The van der Waals surface area contributed by atoms with Crippen molar-refractivity contribution in [3.63, 3.8) is 0 Å². The minimum atomic E-state index is 0.620. The number of nitrogens with one attached hydrogen (secondary N) is 2. The molecule has 0 fully saturated rings. The number of nitrogens with zero attached hydrogens (tertiary/aromatic N) is 4. The molecular weight excluding hydrogens is 408 g/mol. The van der Waals surface area contributed by atoms with E-state index in [4.69, 9.17) is 9.98 Å². The van der Waals surface area contributed by atoms with Gasteiger partial charge >= 0.3 is 0 Å². The van der Waals surface area contributed by atoms with Crippen molar-refractivity contribution in [2.75, 3.05) is 0 Å². The second kappa shape index (κ2) is 8.67. The lowest BCUT2D eigenvalue weighted by Crippen LogP contribution is -2.04. The number of hydrogen-bond donors (Lipinski definition) is 2. The topological polar surface area (TPSA) is 81.0 Å². The normalized spacial score (nSPS) is 18.5. The molecule has 5 rings (SSSR count). The first-order valence-electron chi connectivity index (χ1n) is 10.8. The molecule has 2 aromatic carbocycles. The first-order chi connectivity index (χ1) is 16.1. The van der Waals surface area contributed by atoms with Gasteiger partial charge in [-0.1, -0.05) is 36.4 Å². The summed E-state index contributed by atoms with van der Waals surface area (Å²) in [5.41, 5.74) is 6.79. The second-order valence-corrected chi connectivity index (χ2v) is 7.99. The summed E-state index contributed by atoms with van der Waals surface area (Å²) in [6.07, 6.45) is 9.55. The van der Waals surface area contributed by atoms with Crippen LogP contribution in [-0.4, -0.2) is 33.7 Å². The maximum Gasteiger partial charge on any atom is 0.127 e. The fraction of sp³-hybridized carbons (Fsp3) is 0.111. The number of aromatic nitrogens is 2. The fourth-order valence-corrected chi connectivity index (χ4v) is 4.01. The Balaban J connectivity index is 1.71. The van der Waals surface area contributed by atoms with E-state index in [-0.39, 0.29) is 0 Å². The third kappa shape index (κ3) is 4.23. The smallest absolute Gasteiger partial charge is 0.127 e. The number of H-pyrrole nitrogens is 2. The zero-order chi connectivity index (χ0) is 22.8. The van der Waals surface area contributed by atoms with Crippen LogP contribution in [0.5, 0.6) is 0 Å². The Labute approximate surface area is 191 Å². The number of hydrogen-bond acceptors (Lipinski definition) is 4. The molecule has 0 amide bonds. The molecule has 6 heteroatoms. The molecule has 0 saturated carbocycles. The number of allylic oxidation sites excluding steroid dienone is 3. The van der Waals surface area contributed by atoms with E-state index in [0.29, 0.717) is 11.7 Å². The molecule has 0 spiro atoms. The summed E-state index contributed by atoms with van der Waals surface area (Å²) in [6.45, 7) is 5.80. The van der Waals surface area contributed by atoms with Gasteiger partial charge in [-0.05, 0) is 50.6 Å². The standard InChI is InChI=1S/C27H24N6/c1-17-14-24(22-8-4-6-20-10-12-28-26(20)22)32-18(2)30-16-31-19(3)33-25(15-17)23-9-5-7-21-11-13-29-27(21)23/h4-16,28-29H,1-3H3/b17-14+,17-15?,24-14?,25-15-,30-16?,30-18?,31-16?,31-19?,32-18?,32-24?,33-19?,33-25?. The summed E-state index contributed by atoms with van der Waals surface area (Å²) in [7, 11) is 0. The van der Waals surface area contributed by atoms with E-state index in [1.165, 1.54) is 6.34 Å². The third-order valence-corrected chi connectivity index (χ3v) is 5.51. The van der Waals surface area contributed by atoms with Crippen LogP contribution in [0.15, 0.2) is 98.6 Å². The van der Waals surface area contributed by atoms with Crippen LogP contribution in [-0.2, 0) is 0 Å². The molecule has 0 unspecified atom stereocenters. The Hall–Kier alpha value is -4.32. The lowest BCUT2D eigenvalue weighted by atomic mass is 10.0. The molecule has 4 aromatic rings. The highest BCUT2D eigenvalue weighted by molar-refractivity contribution is 6.19. The predicted octanol–water partition coefficient (Wildman–Crippen LogP) is 6.30. The lowest BCUT2D eigenvalue weighted by Gasteiger charge is -2.09. The van der Waals surface area contributed by atoms with Gasteiger partial charge in [0, 0.05) is 34.3 Å². The van der Waals surface area contributed by atoms with Gasteiger partial charge in [-0.3, -0.25) is 0 Å². The van der Waals surface area contributed by atoms with Crippen LogP contribution in [0.4, 0.5) is 0 Å². The SMILES string of the molecule is CC1=NC=NC(C)=N/C(c2cccc3cc[nH]c23)=C\C(C)=C\C(c2cccc3cc[nH]c23)=N1. The molecule has 2 aromatic heterocycles. The van der Waals surface area contributed by atoms with Crippen molar-refractivity contribution in [1.82, 2.24) is 9.97 Å². The molecule has 33 heavy (non-hydrogen) atoms. The quantitative estimate of drug-likeness (QED) is 0.372. The van der Waals surface area contributed by atoms with E-state index in [2.05, 4.69) is 75.4 Å². The van der Waals surface area contributed by atoms with Crippen molar-refractivity contribution < 1.29 is 0 Å². The zero-order valence-corrected chi connectivity index (χ0v) is 18.8. The molecule has 162 valence electrons. The highest BCUT2D eigenvalue weighted by atomic mass is 15.0. The summed E-state index contributed by atoms with van der Waals surface area (Å²) < 4.78 is 0. The van der Waals surface area contributed by atoms with Crippen LogP contribution >= 0.6 is 0 Å². The summed E-state index contributed by atoms with van der Waals surface area (Å²) in [4.78, 5) is 25.2. The Kier molecular flexibility index (Phi) is 5.40. The van der Waals surface area contributed by atoms with Gasteiger partial charge in [0.15, 0.2) is 0 Å². The van der Waals surface area contributed by atoms with Crippen LogP contribution in [0.2, 0.25) is 0 Å². The highest BCUT2D eigenvalue weighted by Gasteiger charge is 2.11. The minimum Gasteiger partial charge on any atom is -0.361 e. The number of aromatic amines is 2. The van der Waals surface area contributed by atoms with Gasteiger partial charge in [0.2, 0.25) is 0 Å². The maximum absolute atomic E-state index is 4.83. The molecule has 0 bridgehead atoms. The summed E-state index contributed by atoms with van der Waals surface area (Å²) >= 11 is 0. The molecule has 1 aliphatic heterocycles.